The second-order valence-corrected chi connectivity index (χ2v) is 6.17. The smallest absolute Gasteiger partial charge is 0.284 e. The Labute approximate surface area is 154 Å². The van der Waals surface area contributed by atoms with E-state index in [2.05, 4.69) is 0 Å². The van der Waals surface area contributed by atoms with E-state index in [4.69, 9.17) is 9.15 Å². The quantitative estimate of drug-likeness (QED) is 0.383. The van der Waals surface area contributed by atoms with Crippen LogP contribution >= 0.6 is 0 Å². The first kappa shape index (κ1) is 16.8. The third-order valence-electron chi connectivity index (χ3n) is 4.54. The van der Waals surface area contributed by atoms with Crippen LogP contribution in [0.25, 0.3) is 17.4 Å². The van der Waals surface area contributed by atoms with Gasteiger partial charge in [0, 0.05) is 17.6 Å². The fraction of sp³-hybridized carbons (Fsp3) is 0.0952. The van der Waals surface area contributed by atoms with Crippen molar-refractivity contribution in [3.63, 3.8) is 0 Å². The molecule has 0 fully saturated rings. The number of allylic oxidation sites excluding steroid dienone is 1. The van der Waals surface area contributed by atoms with Crippen molar-refractivity contribution >= 4 is 17.5 Å². The van der Waals surface area contributed by atoms with E-state index in [9.17, 15) is 14.9 Å². The number of furan rings is 1. The van der Waals surface area contributed by atoms with Crippen molar-refractivity contribution in [3.8, 4) is 17.1 Å². The summed E-state index contributed by atoms with van der Waals surface area (Å²) in [5.74, 6) is 1.22. The van der Waals surface area contributed by atoms with Crippen molar-refractivity contribution in [2.24, 2.45) is 0 Å². The van der Waals surface area contributed by atoms with E-state index < -0.39 is 4.92 Å². The number of carbonyl (C=O) groups excluding carboxylic acids is 1. The van der Waals surface area contributed by atoms with Gasteiger partial charge in [0.05, 0.1) is 23.7 Å². The second kappa shape index (κ2) is 6.57. The molecule has 1 heterocycles. The van der Waals surface area contributed by atoms with Gasteiger partial charge < -0.3 is 9.15 Å². The molecule has 0 radical (unpaired) electrons. The number of nitro benzene ring substituents is 1. The first-order valence-electron chi connectivity index (χ1n) is 8.32. The number of ketones is 1. The lowest BCUT2D eigenvalue weighted by Crippen LogP contribution is -1.94. The zero-order valence-corrected chi connectivity index (χ0v) is 14.5. The summed E-state index contributed by atoms with van der Waals surface area (Å²) in [6, 6.07) is 15.4. The van der Waals surface area contributed by atoms with Crippen LogP contribution in [-0.2, 0) is 6.42 Å². The van der Waals surface area contributed by atoms with Crippen LogP contribution in [0.2, 0.25) is 0 Å². The molecule has 1 aliphatic rings. The molecular weight excluding hydrogens is 346 g/mol. The minimum absolute atomic E-state index is 0.0148. The molecule has 6 nitrogen and oxygen atoms in total. The highest BCUT2D eigenvalue weighted by molar-refractivity contribution is 6.15. The molecule has 0 saturated heterocycles. The third kappa shape index (κ3) is 3.01. The maximum absolute atomic E-state index is 12.5. The molecular formula is C21H15NO5. The zero-order chi connectivity index (χ0) is 19.0. The number of nitro groups is 1. The molecule has 6 heteroatoms. The number of fused-ring (bicyclic) bond motifs is 1. The highest BCUT2D eigenvalue weighted by Gasteiger charge is 2.25. The number of nitrogens with zero attached hydrogens (tertiary/aromatic N) is 1. The standard InChI is InChI=1S/C21H15NO5/c1-26-15-6-8-18(19(12-15)22(24)25)20-9-7-16(27-20)11-14-10-13-4-2-3-5-17(13)21(14)23/h2-9,11-12H,10H2,1H3. The summed E-state index contributed by atoms with van der Waals surface area (Å²) < 4.78 is 10.8. The van der Waals surface area contributed by atoms with E-state index in [0.717, 1.165) is 5.56 Å². The van der Waals surface area contributed by atoms with Crippen LogP contribution in [0, 0.1) is 10.1 Å². The van der Waals surface area contributed by atoms with Gasteiger partial charge in [-0.25, -0.2) is 0 Å². The van der Waals surface area contributed by atoms with Gasteiger partial charge in [-0.15, -0.1) is 0 Å². The maximum Gasteiger partial charge on any atom is 0.284 e. The van der Waals surface area contributed by atoms with E-state index in [-0.39, 0.29) is 11.5 Å². The molecule has 0 saturated carbocycles. The van der Waals surface area contributed by atoms with Crippen molar-refractivity contribution in [2.45, 2.75) is 6.42 Å². The molecule has 4 rings (SSSR count). The van der Waals surface area contributed by atoms with Gasteiger partial charge in [-0.05, 0) is 35.9 Å². The predicted octanol–water partition coefficient (Wildman–Crippen LogP) is 4.69. The summed E-state index contributed by atoms with van der Waals surface area (Å²) in [5, 5.41) is 11.4. The van der Waals surface area contributed by atoms with Crippen molar-refractivity contribution in [1.29, 1.82) is 0 Å². The number of Topliss-reactive ketones (excluding diaryl/α,β-unsaturated/α-hetero) is 1. The second-order valence-electron chi connectivity index (χ2n) is 6.17. The molecule has 0 spiro atoms. The summed E-state index contributed by atoms with van der Waals surface area (Å²) in [6.07, 6.45) is 2.24. The highest BCUT2D eigenvalue weighted by Crippen LogP contribution is 2.35. The Morgan fingerprint density at radius 1 is 1.11 bits per heavy atom. The van der Waals surface area contributed by atoms with Crippen LogP contribution < -0.4 is 4.74 Å². The Morgan fingerprint density at radius 2 is 1.93 bits per heavy atom. The van der Waals surface area contributed by atoms with Crippen molar-refractivity contribution in [3.05, 3.63) is 87.2 Å². The van der Waals surface area contributed by atoms with Crippen molar-refractivity contribution < 1.29 is 18.9 Å². The topological polar surface area (TPSA) is 82.6 Å². The summed E-state index contributed by atoms with van der Waals surface area (Å²) in [6.45, 7) is 0. The van der Waals surface area contributed by atoms with Crippen molar-refractivity contribution in [2.75, 3.05) is 7.11 Å². The van der Waals surface area contributed by atoms with Crippen LogP contribution in [0.5, 0.6) is 5.75 Å². The van der Waals surface area contributed by atoms with E-state index >= 15 is 0 Å². The van der Waals surface area contributed by atoms with Crippen LogP contribution in [-0.4, -0.2) is 17.8 Å². The zero-order valence-electron chi connectivity index (χ0n) is 14.5. The summed E-state index contributed by atoms with van der Waals surface area (Å²) in [4.78, 5) is 23.4. The Morgan fingerprint density at radius 3 is 2.67 bits per heavy atom. The molecule has 0 amide bonds. The number of hydrogen-bond acceptors (Lipinski definition) is 5. The summed E-state index contributed by atoms with van der Waals surface area (Å²) in [7, 11) is 1.45. The lowest BCUT2D eigenvalue weighted by Gasteiger charge is -2.03. The third-order valence-corrected chi connectivity index (χ3v) is 4.54. The van der Waals surface area contributed by atoms with Crippen LogP contribution in [0.3, 0.4) is 0 Å². The number of methoxy groups -OCH3 is 1. The van der Waals surface area contributed by atoms with Crippen LogP contribution in [0.1, 0.15) is 21.7 Å². The molecule has 0 aliphatic heterocycles. The largest absolute Gasteiger partial charge is 0.497 e. The SMILES string of the molecule is COc1ccc(-c2ccc(C=C3Cc4ccccc4C3=O)o2)c([N+](=O)[O-])c1. The molecule has 27 heavy (non-hydrogen) atoms. The Kier molecular flexibility index (Phi) is 4.08. The van der Waals surface area contributed by atoms with Gasteiger partial charge in [0.1, 0.15) is 17.3 Å². The van der Waals surface area contributed by atoms with Crippen LogP contribution in [0.15, 0.2) is 64.6 Å². The molecule has 2 aromatic carbocycles. The molecule has 0 unspecified atom stereocenters. The summed E-state index contributed by atoms with van der Waals surface area (Å²) >= 11 is 0. The number of benzene rings is 2. The van der Waals surface area contributed by atoms with Gasteiger partial charge in [0.25, 0.3) is 5.69 Å². The Bertz CT molecular complexity index is 1090. The van der Waals surface area contributed by atoms with Gasteiger partial charge >= 0.3 is 0 Å². The highest BCUT2D eigenvalue weighted by atomic mass is 16.6. The van der Waals surface area contributed by atoms with Gasteiger partial charge in [-0.2, -0.15) is 0 Å². The molecule has 134 valence electrons. The normalized spacial score (nSPS) is 14.4. The average molecular weight is 361 g/mol. The molecule has 1 aliphatic carbocycles. The average Bonchev–Trinajstić information content (AvgIpc) is 3.27. The van der Waals surface area contributed by atoms with Crippen molar-refractivity contribution in [1.82, 2.24) is 0 Å². The first-order chi connectivity index (χ1) is 13.1. The summed E-state index contributed by atoms with van der Waals surface area (Å²) in [5.41, 5.74) is 2.59. The molecule has 0 N–H and O–H groups in total. The molecule has 3 aromatic rings. The number of hydrogen-bond donors (Lipinski definition) is 0. The lowest BCUT2D eigenvalue weighted by molar-refractivity contribution is -0.384. The predicted molar refractivity (Wildman–Crippen MR) is 99.8 cm³/mol. The fourth-order valence-corrected chi connectivity index (χ4v) is 3.22. The van der Waals surface area contributed by atoms with E-state index in [1.807, 2.05) is 24.3 Å². The number of ether oxygens (including phenoxy) is 1. The minimum Gasteiger partial charge on any atom is -0.497 e. The van der Waals surface area contributed by atoms with Gasteiger partial charge in [0.15, 0.2) is 5.78 Å². The Balaban J connectivity index is 1.68. The molecule has 0 atom stereocenters. The lowest BCUT2D eigenvalue weighted by atomic mass is 10.1. The number of carbonyl (C=O) groups is 1. The fourth-order valence-electron chi connectivity index (χ4n) is 3.22. The first-order valence-corrected chi connectivity index (χ1v) is 8.32. The van der Waals surface area contributed by atoms with E-state index in [0.29, 0.717) is 40.4 Å². The maximum atomic E-state index is 12.5. The Hall–Kier alpha value is -3.67. The molecule has 0 bridgehead atoms. The number of rotatable bonds is 4. The van der Waals surface area contributed by atoms with Gasteiger partial charge in [0.2, 0.25) is 0 Å². The van der Waals surface area contributed by atoms with Gasteiger partial charge in [-0.1, -0.05) is 24.3 Å². The van der Waals surface area contributed by atoms with Crippen LogP contribution in [0.4, 0.5) is 5.69 Å². The van der Waals surface area contributed by atoms with E-state index in [1.165, 1.54) is 13.2 Å². The molecule has 1 aromatic heterocycles. The monoisotopic (exact) mass is 361 g/mol. The minimum atomic E-state index is -0.477. The van der Waals surface area contributed by atoms with E-state index in [1.54, 1.807) is 30.3 Å². The van der Waals surface area contributed by atoms with Gasteiger partial charge in [-0.3, -0.25) is 14.9 Å².